The van der Waals surface area contributed by atoms with Crippen LogP contribution in [0.15, 0.2) is 24.3 Å². The molecule has 2 amide bonds. The minimum Gasteiger partial charge on any atom is -0.350 e. The first-order chi connectivity index (χ1) is 11.0. The van der Waals surface area contributed by atoms with Gasteiger partial charge in [0.15, 0.2) is 0 Å². The van der Waals surface area contributed by atoms with Gasteiger partial charge in [-0.15, -0.1) is 10.2 Å². The van der Waals surface area contributed by atoms with Gasteiger partial charge in [0, 0.05) is 17.3 Å². The van der Waals surface area contributed by atoms with Crippen molar-refractivity contribution in [1.82, 2.24) is 15.5 Å². The van der Waals surface area contributed by atoms with Crippen molar-refractivity contribution >= 4 is 28.8 Å². The Balaban J connectivity index is 2.07. The molecular formula is C16H20N4O2S. The van der Waals surface area contributed by atoms with Crippen LogP contribution in [0.2, 0.25) is 0 Å². The third-order valence-electron chi connectivity index (χ3n) is 3.34. The van der Waals surface area contributed by atoms with Crippen LogP contribution in [-0.2, 0) is 6.42 Å². The number of hydrogen-bond donors (Lipinski definition) is 2. The molecule has 0 fully saturated rings. The van der Waals surface area contributed by atoms with Gasteiger partial charge in [-0.25, -0.2) is 0 Å². The zero-order valence-corrected chi connectivity index (χ0v) is 14.2. The lowest BCUT2D eigenvalue weighted by atomic mass is 10.1. The Kier molecular flexibility index (Phi) is 5.81. The van der Waals surface area contributed by atoms with Crippen molar-refractivity contribution in [3.8, 4) is 0 Å². The van der Waals surface area contributed by atoms with E-state index in [1.165, 1.54) is 11.3 Å². The first kappa shape index (κ1) is 17.1. The van der Waals surface area contributed by atoms with Crippen LogP contribution in [-0.4, -0.2) is 28.1 Å². The molecule has 2 rings (SSSR count). The van der Waals surface area contributed by atoms with Crippen molar-refractivity contribution in [3.63, 3.8) is 0 Å². The predicted octanol–water partition coefficient (Wildman–Crippen LogP) is 2.88. The van der Waals surface area contributed by atoms with Crippen LogP contribution in [0.3, 0.4) is 0 Å². The zero-order chi connectivity index (χ0) is 16.8. The molecule has 0 aliphatic carbocycles. The first-order valence-corrected chi connectivity index (χ1v) is 8.39. The monoisotopic (exact) mass is 332 g/mol. The van der Waals surface area contributed by atoms with Crippen LogP contribution in [0, 0.1) is 0 Å². The van der Waals surface area contributed by atoms with E-state index in [2.05, 4.69) is 20.8 Å². The molecule has 23 heavy (non-hydrogen) atoms. The number of benzene rings is 1. The molecule has 1 heterocycles. The van der Waals surface area contributed by atoms with Crippen LogP contribution in [0.1, 0.15) is 52.4 Å². The Morgan fingerprint density at radius 2 is 2.00 bits per heavy atom. The van der Waals surface area contributed by atoms with Gasteiger partial charge in [-0.1, -0.05) is 31.3 Å². The Morgan fingerprint density at radius 3 is 2.65 bits per heavy atom. The molecular weight excluding hydrogens is 312 g/mol. The summed E-state index contributed by atoms with van der Waals surface area (Å²) in [4.78, 5) is 24.3. The summed E-state index contributed by atoms with van der Waals surface area (Å²) in [5.41, 5.74) is 1.06. The van der Waals surface area contributed by atoms with Crippen molar-refractivity contribution in [2.24, 2.45) is 0 Å². The third-order valence-corrected chi connectivity index (χ3v) is 4.40. The number of aryl methyl sites for hydroxylation is 1. The highest BCUT2D eigenvalue weighted by atomic mass is 32.1. The second-order valence-corrected chi connectivity index (χ2v) is 6.23. The van der Waals surface area contributed by atoms with Crippen LogP contribution in [0.25, 0.3) is 0 Å². The number of nitrogens with one attached hydrogen (secondary N) is 2. The predicted molar refractivity (Wildman–Crippen MR) is 90.9 cm³/mol. The number of amides is 2. The van der Waals surface area contributed by atoms with Gasteiger partial charge in [-0.2, -0.15) is 0 Å². The number of rotatable bonds is 6. The van der Waals surface area contributed by atoms with E-state index in [4.69, 9.17) is 0 Å². The molecule has 1 atom stereocenters. The van der Waals surface area contributed by atoms with Crippen molar-refractivity contribution in [3.05, 3.63) is 39.8 Å². The minimum absolute atomic E-state index is 0.106. The number of anilines is 1. The molecule has 0 aliphatic heterocycles. The van der Waals surface area contributed by atoms with Crippen molar-refractivity contribution < 1.29 is 9.59 Å². The molecule has 0 aliphatic rings. The van der Waals surface area contributed by atoms with Gasteiger partial charge in [0.25, 0.3) is 11.8 Å². The first-order valence-electron chi connectivity index (χ1n) is 7.58. The molecule has 2 N–H and O–H groups in total. The maximum absolute atomic E-state index is 12.1. The van der Waals surface area contributed by atoms with Crippen LogP contribution < -0.4 is 10.6 Å². The van der Waals surface area contributed by atoms with E-state index in [0.717, 1.165) is 17.8 Å². The van der Waals surface area contributed by atoms with Crippen LogP contribution >= 0.6 is 11.3 Å². The van der Waals surface area contributed by atoms with Crippen LogP contribution in [0.4, 0.5) is 5.69 Å². The second kappa shape index (κ2) is 7.82. The van der Waals surface area contributed by atoms with Gasteiger partial charge < -0.3 is 10.6 Å². The summed E-state index contributed by atoms with van der Waals surface area (Å²) in [5, 5.41) is 14.6. The zero-order valence-electron chi connectivity index (χ0n) is 13.4. The van der Waals surface area contributed by atoms with E-state index in [9.17, 15) is 9.59 Å². The summed E-state index contributed by atoms with van der Waals surface area (Å²) in [6.45, 7) is 5.92. The topological polar surface area (TPSA) is 84.0 Å². The molecule has 0 spiro atoms. The quantitative estimate of drug-likeness (QED) is 0.852. The van der Waals surface area contributed by atoms with Gasteiger partial charge in [-0.05, 0) is 38.0 Å². The highest BCUT2D eigenvalue weighted by molar-refractivity contribution is 7.13. The molecule has 6 nitrogen and oxygen atoms in total. The lowest BCUT2D eigenvalue weighted by Gasteiger charge is -2.12. The fourth-order valence-electron chi connectivity index (χ4n) is 1.82. The summed E-state index contributed by atoms with van der Waals surface area (Å²) >= 11 is 1.27. The number of carbonyl (C=O) groups excluding carboxylic acids is 2. The lowest BCUT2D eigenvalue weighted by molar-refractivity contribution is 0.0938. The Labute approximate surface area is 139 Å². The Morgan fingerprint density at radius 1 is 1.22 bits per heavy atom. The average molecular weight is 332 g/mol. The molecule has 1 aromatic heterocycles. The van der Waals surface area contributed by atoms with E-state index < -0.39 is 0 Å². The highest BCUT2D eigenvalue weighted by Crippen LogP contribution is 2.15. The number of hydrogen-bond acceptors (Lipinski definition) is 5. The summed E-state index contributed by atoms with van der Waals surface area (Å²) in [6, 6.07) is 6.94. The van der Waals surface area contributed by atoms with E-state index in [0.29, 0.717) is 16.3 Å². The summed E-state index contributed by atoms with van der Waals surface area (Å²) in [6.07, 6.45) is 1.61. The highest BCUT2D eigenvalue weighted by Gasteiger charge is 2.14. The summed E-state index contributed by atoms with van der Waals surface area (Å²) in [7, 11) is 0. The fraction of sp³-hybridized carbons (Fsp3) is 0.375. The minimum atomic E-state index is -0.318. The van der Waals surface area contributed by atoms with E-state index in [1.807, 2.05) is 20.8 Å². The molecule has 0 saturated carbocycles. The molecule has 122 valence electrons. The second-order valence-electron chi connectivity index (χ2n) is 5.17. The molecule has 1 unspecified atom stereocenters. The van der Waals surface area contributed by atoms with Gasteiger partial charge in [0.05, 0.1) is 0 Å². The van der Waals surface area contributed by atoms with Gasteiger partial charge in [0.2, 0.25) is 5.01 Å². The van der Waals surface area contributed by atoms with Gasteiger partial charge in [0.1, 0.15) is 5.01 Å². The number of nitrogens with zero attached hydrogens (tertiary/aromatic N) is 2. The number of carbonyl (C=O) groups is 2. The third kappa shape index (κ3) is 4.59. The normalized spacial score (nSPS) is 11.8. The van der Waals surface area contributed by atoms with Crippen molar-refractivity contribution in [2.45, 2.75) is 39.7 Å². The van der Waals surface area contributed by atoms with E-state index in [1.54, 1.807) is 24.3 Å². The van der Waals surface area contributed by atoms with Crippen molar-refractivity contribution in [1.29, 1.82) is 0 Å². The van der Waals surface area contributed by atoms with E-state index in [-0.39, 0.29) is 17.9 Å². The standard InChI is InChI=1S/C16H20N4O2S/c1-4-10(3)17-14(21)11-7-6-8-12(9-11)18-15(22)16-20-19-13(5-2)23-16/h6-10H,4-5H2,1-3H3,(H,17,21)(H,18,22). The number of aromatic nitrogens is 2. The average Bonchev–Trinajstić information content (AvgIpc) is 3.04. The maximum Gasteiger partial charge on any atom is 0.286 e. The molecule has 0 radical (unpaired) electrons. The van der Waals surface area contributed by atoms with Gasteiger partial charge >= 0.3 is 0 Å². The van der Waals surface area contributed by atoms with Crippen LogP contribution in [0.5, 0.6) is 0 Å². The Hall–Kier alpha value is -2.28. The SMILES string of the molecule is CCc1nnc(C(=O)Nc2cccc(C(=O)NC(C)CC)c2)s1. The van der Waals surface area contributed by atoms with E-state index >= 15 is 0 Å². The molecule has 1 aromatic carbocycles. The Bertz CT molecular complexity index is 699. The maximum atomic E-state index is 12.1. The smallest absolute Gasteiger partial charge is 0.286 e. The van der Waals surface area contributed by atoms with Crippen molar-refractivity contribution in [2.75, 3.05) is 5.32 Å². The molecule has 0 bridgehead atoms. The lowest BCUT2D eigenvalue weighted by Crippen LogP contribution is -2.31. The summed E-state index contributed by atoms with van der Waals surface area (Å²) in [5.74, 6) is -0.471. The molecule has 7 heteroatoms. The molecule has 2 aromatic rings. The van der Waals surface area contributed by atoms with Gasteiger partial charge in [-0.3, -0.25) is 9.59 Å². The summed E-state index contributed by atoms with van der Waals surface area (Å²) < 4.78 is 0. The fourth-order valence-corrected chi connectivity index (χ4v) is 2.49. The molecule has 0 saturated heterocycles. The largest absolute Gasteiger partial charge is 0.350 e.